The fraction of sp³-hybridized carbons (Fsp3) is 0.111. The lowest BCUT2D eigenvalue weighted by Crippen LogP contribution is -2.24. The van der Waals surface area contributed by atoms with E-state index in [0.29, 0.717) is 29.3 Å². The van der Waals surface area contributed by atoms with Crippen LogP contribution in [0.15, 0.2) is 102 Å². The number of ether oxygens (including phenoxy) is 2. The van der Waals surface area contributed by atoms with Crippen LogP contribution >= 0.6 is 0 Å². The molecule has 0 saturated heterocycles. The topological polar surface area (TPSA) is 55.8 Å². The van der Waals surface area contributed by atoms with Crippen LogP contribution < -0.4 is 4.74 Å². The zero-order valence-electron chi connectivity index (χ0n) is 17.9. The molecule has 1 aliphatic rings. The van der Waals surface area contributed by atoms with Crippen LogP contribution in [0.1, 0.15) is 18.1 Å². The van der Waals surface area contributed by atoms with Crippen LogP contribution in [0.25, 0.3) is 6.08 Å². The molecule has 3 aromatic carbocycles. The minimum absolute atomic E-state index is 0.235. The molecule has 0 bridgehead atoms. The quantitative estimate of drug-likeness (QED) is 0.395. The number of para-hydroxylation sites is 1. The van der Waals surface area contributed by atoms with Crippen molar-refractivity contribution in [3.8, 4) is 11.5 Å². The van der Waals surface area contributed by atoms with Gasteiger partial charge in [0.05, 0.1) is 24.8 Å². The molecule has 0 saturated carbocycles. The van der Waals surface area contributed by atoms with Gasteiger partial charge in [-0.1, -0.05) is 60.7 Å². The molecular weight excluding hydrogens is 402 g/mol. The Labute approximate surface area is 187 Å². The first-order chi connectivity index (χ1) is 15.6. The number of hydrogen-bond acceptors (Lipinski definition) is 4. The van der Waals surface area contributed by atoms with Gasteiger partial charge in [0.25, 0.3) is 5.91 Å². The third-order valence-corrected chi connectivity index (χ3v) is 5.23. The summed E-state index contributed by atoms with van der Waals surface area (Å²) in [5, 5.41) is 0. The number of carbonyl (C=O) groups excluding carboxylic acids is 2. The Kier molecular flexibility index (Phi) is 6.17. The second-order valence-electron chi connectivity index (χ2n) is 7.37. The Balaban J connectivity index is 1.67. The second kappa shape index (κ2) is 9.35. The summed E-state index contributed by atoms with van der Waals surface area (Å²) < 4.78 is 10.9. The van der Waals surface area contributed by atoms with Crippen molar-refractivity contribution in [2.24, 2.45) is 0 Å². The van der Waals surface area contributed by atoms with Crippen LogP contribution in [0, 0.1) is 0 Å². The highest BCUT2D eigenvalue weighted by Crippen LogP contribution is 2.33. The van der Waals surface area contributed by atoms with E-state index >= 15 is 0 Å². The first kappa shape index (κ1) is 21.1. The van der Waals surface area contributed by atoms with Crippen LogP contribution in [0.4, 0.5) is 0 Å². The Morgan fingerprint density at radius 3 is 2.25 bits per heavy atom. The van der Waals surface area contributed by atoms with E-state index in [9.17, 15) is 9.59 Å². The van der Waals surface area contributed by atoms with Crippen molar-refractivity contribution in [3.05, 3.63) is 113 Å². The van der Waals surface area contributed by atoms with E-state index in [1.165, 1.54) is 7.11 Å². The summed E-state index contributed by atoms with van der Waals surface area (Å²) in [5.74, 6) is 0.585. The predicted octanol–water partition coefficient (Wildman–Crippen LogP) is 5.35. The molecule has 5 nitrogen and oxygen atoms in total. The maximum absolute atomic E-state index is 13.3. The lowest BCUT2D eigenvalue weighted by Gasteiger charge is -2.17. The summed E-state index contributed by atoms with van der Waals surface area (Å²) in [6, 6.07) is 26.5. The summed E-state index contributed by atoms with van der Waals surface area (Å²) >= 11 is 0. The summed E-state index contributed by atoms with van der Waals surface area (Å²) in [4.78, 5) is 27.5. The van der Waals surface area contributed by atoms with Crippen molar-refractivity contribution < 1.29 is 19.1 Å². The van der Waals surface area contributed by atoms with Crippen LogP contribution in [-0.4, -0.2) is 23.9 Å². The molecule has 1 heterocycles. The first-order valence-corrected chi connectivity index (χ1v) is 10.3. The van der Waals surface area contributed by atoms with Gasteiger partial charge >= 0.3 is 5.97 Å². The zero-order valence-corrected chi connectivity index (χ0v) is 17.9. The second-order valence-corrected chi connectivity index (χ2v) is 7.37. The molecule has 32 heavy (non-hydrogen) atoms. The molecule has 0 unspecified atom stereocenters. The van der Waals surface area contributed by atoms with Gasteiger partial charge < -0.3 is 14.4 Å². The largest absolute Gasteiger partial charge is 0.465 e. The van der Waals surface area contributed by atoms with Crippen molar-refractivity contribution in [1.82, 2.24) is 4.90 Å². The third-order valence-electron chi connectivity index (χ3n) is 5.23. The number of carbonyl (C=O) groups is 2. The number of allylic oxidation sites excluding steroid dienone is 1. The summed E-state index contributed by atoms with van der Waals surface area (Å²) in [5.41, 5.74) is 2.89. The summed E-state index contributed by atoms with van der Waals surface area (Å²) in [7, 11) is 1.32. The Morgan fingerprint density at radius 1 is 0.906 bits per heavy atom. The summed E-state index contributed by atoms with van der Waals surface area (Å²) in [6.07, 6.45) is 1.71. The van der Waals surface area contributed by atoms with Crippen LogP contribution in [0.3, 0.4) is 0 Å². The fourth-order valence-corrected chi connectivity index (χ4v) is 3.64. The third kappa shape index (κ3) is 4.47. The van der Waals surface area contributed by atoms with Gasteiger partial charge in [-0.25, -0.2) is 4.79 Å². The number of rotatable bonds is 6. The van der Waals surface area contributed by atoms with Crippen molar-refractivity contribution in [1.29, 1.82) is 0 Å². The molecule has 1 aliphatic heterocycles. The number of esters is 1. The SMILES string of the molecule is COC(=O)C1=C(C)N(Cc2ccccc2)C(=O)/C1=C\c1cccc(Oc2ccccc2)c1. The standard InChI is InChI=1S/C27H23NO4/c1-19-25(27(30)31-2)24(26(29)28(19)18-20-10-5-3-6-11-20)17-21-12-9-15-23(16-21)32-22-13-7-4-8-14-22/h3-17H,18H2,1-2H3/b24-17-. The van der Waals surface area contributed by atoms with E-state index in [2.05, 4.69) is 0 Å². The monoisotopic (exact) mass is 425 g/mol. The van der Waals surface area contributed by atoms with E-state index in [1.807, 2.05) is 84.9 Å². The highest BCUT2D eigenvalue weighted by atomic mass is 16.5. The molecule has 160 valence electrons. The maximum atomic E-state index is 13.3. The van der Waals surface area contributed by atoms with E-state index in [0.717, 1.165) is 11.1 Å². The minimum Gasteiger partial charge on any atom is -0.465 e. The molecule has 0 aromatic heterocycles. The van der Waals surface area contributed by atoms with Crippen molar-refractivity contribution >= 4 is 18.0 Å². The van der Waals surface area contributed by atoms with Crippen molar-refractivity contribution in [2.45, 2.75) is 13.5 Å². The van der Waals surface area contributed by atoms with Crippen molar-refractivity contribution in [2.75, 3.05) is 7.11 Å². The van der Waals surface area contributed by atoms with Crippen LogP contribution in [0.2, 0.25) is 0 Å². The molecule has 0 aliphatic carbocycles. The number of benzene rings is 3. The van der Waals surface area contributed by atoms with Crippen LogP contribution in [0.5, 0.6) is 11.5 Å². The molecule has 3 aromatic rings. The average molecular weight is 425 g/mol. The molecule has 4 rings (SSSR count). The van der Waals surface area contributed by atoms with Gasteiger partial charge in [-0.3, -0.25) is 4.79 Å². The lowest BCUT2D eigenvalue weighted by atomic mass is 10.0. The van der Waals surface area contributed by atoms with Gasteiger partial charge in [0.15, 0.2) is 0 Å². The predicted molar refractivity (Wildman–Crippen MR) is 123 cm³/mol. The summed E-state index contributed by atoms with van der Waals surface area (Å²) in [6.45, 7) is 2.14. The van der Waals surface area contributed by atoms with Crippen LogP contribution in [-0.2, 0) is 20.9 Å². The minimum atomic E-state index is -0.533. The van der Waals surface area contributed by atoms with E-state index in [-0.39, 0.29) is 11.5 Å². The van der Waals surface area contributed by atoms with E-state index < -0.39 is 5.97 Å². The van der Waals surface area contributed by atoms with E-state index in [1.54, 1.807) is 17.9 Å². The molecule has 0 radical (unpaired) electrons. The molecule has 5 heteroatoms. The van der Waals surface area contributed by atoms with Gasteiger partial charge in [-0.2, -0.15) is 0 Å². The molecule has 0 atom stereocenters. The zero-order chi connectivity index (χ0) is 22.5. The Bertz CT molecular complexity index is 1200. The number of methoxy groups -OCH3 is 1. The first-order valence-electron chi connectivity index (χ1n) is 10.3. The van der Waals surface area contributed by atoms with Gasteiger partial charge in [0.2, 0.25) is 0 Å². The lowest BCUT2D eigenvalue weighted by molar-refractivity contribution is -0.136. The smallest absolute Gasteiger partial charge is 0.340 e. The van der Waals surface area contributed by atoms with Gasteiger partial charge in [0.1, 0.15) is 11.5 Å². The fourth-order valence-electron chi connectivity index (χ4n) is 3.64. The molecule has 0 fully saturated rings. The number of amides is 1. The van der Waals surface area contributed by atoms with E-state index in [4.69, 9.17) is 9.47 Å². The molecule has 1 amide bonds. The average Bonchev–Trinajstić information content (AvgIpc) is 3.04. The van der Waals surface area contributed by atoms with Gasteiger partial charge in [0, 0.05) is 5.70 Å². The number of hydrogen-bond donors (Lipinski definition) is 0. The highest BCUT2D eigenvalue weighted by Gasteiger charge is 2.36. The Morgan fingerprint density at radius 2 is 1.56 bits per heavy atom. The molecular formula is C27H23NO4. The molecule has 0 N–H and O–H groups in total. The van der Waals surface area contributed by atoms with Gasteiger partial charge in [-0.15, -0.1) is 0 Å². The molecule has 0 spiro atoms. The normalized spacial score (nSPS) is 14.8. The Hall–Kier alpha value is -4.12. The van der Waals surface area contributed by atoms with Crippen molar-refractivity contribution in [3.63, 3.8) is 0 Å². The van der Waals surface area contributed by atoms with Gasteiger partial charge in [-0.05, 0) is 48.4 Å². The number of nitrogens with zero attached hydrogens (tertiary/aromatic N) is 1. The highest BCUT2D eigenvalue weighted by molar-refractivity contribution is 6.16. The maximum Gasteiger partial charge on any atom is 0.340 e.